The topological polar surface area (TPSA) is 132 Å². The highest BCUT2D eigenvalue weighted by atomic mass is 16.6. The second kappa shape index (κ2) is 10.8. The first-order valence-electron chi connectivity index (χ1n) is 12.9. The fraction of sp³-hybridized carbons (Fsp3) is 0.556. The number of carboxylic acid groups (broad SMARTS) is 1. The molecule has 10 nitrogen and oxygen atoms in total. The minimum Gasteiger partial charge on any atom is -0.480 e. The number of H-pyrrole nitrogens is 1. The fourth-order valence-electron chi connectivity index (χ4n) is 5.26. The Morgan fingerprint density at radius 3 is 2.49 bits per heavy atom. The number of aromatic nitrogens is 1. The quantitative estimate of drug-likeness (QED) is 0.545. The summed E-state index contributed by atoms with van der Waals surface area (Å²) in [6, 6.07) is 6.18. The van der Waals surface area contributed by atoms with Gasteiger partial charge in [0.2, 0.25) is 11.8 Å². The van der Waals surface area contributed by atoms with Crippen LogP contribution in [0.25, 0.3) is 10.9 Å². The Morgan fingerprint density at radius 1 is 1.11 bits per heavy atom. The highest BCUT2D eigenvalue weighted by Gasteiger charge is 2.39. The number of amides is 3. The van der Waals surface area contributed by atoms with Gasteiger partial charge in [-0.05, 0) is 58.1 Å². The van der Waals surface area contributed by atoms with E-state index in [1.54, 1.807) is 25.7 Å². The van der Waals surface area contributed by atoms with Crippen LogP contribution in [0.4, 0.5) is 4.79 Å². The summed E-state index contributed by atoms with van der Waals surface area (Å²) in [5.74, 6) is -1.65. The third kappa shape index (κ3) is 6.23. The van der Waals surface area contributed by atoms with Crippen LogP contribution in [-0.2, 0) is 25.5 Å². The number of benzene rings is 1. The van der Waals surface area contributed by atoms with Gasteiger partial charge < -0.3 is 29.9 Å². The number of alkyl carbamates (subject to hydrolysis) is 1. The van der Waals surface area contributed by atoms with E-state index in [2.05, 4.69) is 10.3 Å². The molecule has 4 rings (SSSR count). The van der Waals surface area contributed by atoms with Crippen LogP contribution < -0.4 is 5.32 Å². The largest absolute Gasteiger partial charge is 0.480 e. The van der Waals surface area contributed by atoms with Crippen molar-refractivity contribution >= 4 is 34.8 Å². The van der Waals surface area contributed by atoms with Crippen molar-refractivity contribution < 1.29 is 29.0 Å². The Hall–Kier alpha value is -3.56. The first kappa shape index (κ1) is 26.5. The molecular formula is C27H36N4O6. The first-order chi connectivity index (χ1) is 17.5. The van der Waals surface area contributed by atoms with Gasteiger partial charge in [-0.3, -0.25) is 9.59 Å². The van der Waals surface area contributed by atoms with Crippen LogP contribution >= 0.6 is 0 Å². The zero-order chi connectivity index (χ0) is 26.7. The summed E-state index contributed by atoms with van der Waals surface area (Å²) in [5.41, 5.74) is 1.14. The number of ether oxygens (including phenoxy) is 1. The molecule has 2 saturated heterocycles. The molecule has 3 N–H and O–H groups in total. The van der Waals surface area contributed by atoms with Crippen molar-refractivity contribution in [2.24, 2.45) is 5.92 Å². The average Bonchev–Trinajstić information content (AvgIpc) is 3.50. The van der Waals surface area contributed by atoms with E-state index in [9.17, 15) is 24.3 Å². The SMILES string of the molecule is CC(C)(C)OC(=O)NC(Cc1c[nH]c2ccccc12)C(=O)N1CCC(C(=O)N2CCCC2C(=O)O)CC1. The van der Waals surface area contributed by atoms with E-state index in [1.165, 1.54) is 4.90 Å². The van der Waals surface area contributed by atoms with E-state index in [1.807, 2.05) is 30.5 Å². The molecule has 2 fully saturated rings. The summed E-state index contributed by atoms with van der Waals surface area (Å²) in [5, 5.41) is 13.2. The van der Waals surface area contributed by atoms with Crippen LogP contribution in [0.15, 0.2) is 30.5 Å². The predicted octanol–water partition coefficient (Wildman–Crippen LogP) is 2.92. The second-order valence-corrected chi connectivity index (χ2v) is 10.9. The van der Waals surface area contributed by atoms with Crippen molar-refractivity contribution in [2.45, 2.75) is 70.6 Å². The van der Waals surface area contributed by atoms with Crippen molar-refractivity contribution in [3.8, 4) is 0 Å². The number of hydrogen-bond donors (Lipinski definition) is 3. The Morgan fingerprint density at radius 2 is 1.81 bits per heavy atom. The summed E-state index contributed by atoms with van der Waals surface area (Å²) in [7, 11) is 0. The Bertz CT molecular complexity index is 1160. The number of nitrogens with one attached hydrogen (secondary N) is 2. The van der Waals surface area contributed by atoms with Gasteiger partial charge in [0.05, 0.1) is 0 Å². The minimum absolute atomic E-state index is 0.140. The van der Waals surface area contributed by atoms with Gasteiger partial charge >= 0.3 is 12.1 Å². The lowest BCUT2D eigenvalue weighted by Gasteiger charge is -2.36. The van der Waals surface area contributed by atoms with Crippen molar-refractivity contribution in [3.63, 3.8) is 0 Å². The molecule has 200 valence electrons. The standard InChI is InChI=1S/C27H36N4O6/c1-27(2,3)37-26(36)29-21(15-18-16-28-20-8-5-4-7-19(18)20)24(33)30-13-10-17(11-14-30)23(32)31-12-6-9-22(31)25(34)35/h4-5,7-8,16-17,21-22,28H,6,9-15H2,1-3H3,(H,29,36)(H,34,35). The van der Waals surface area contributed by atoms with E-state index in [-0.39, 0.29) is 24.2 Å². The summed E-state index contributed by atoms with van der Waals surface area (Å²) in [4.78, 5) is 57.1. The molecule has 0 spiro atoms. The Kier molecular flexibility index (Phi) is 7.75. The van der Waals surface area contributed by atoms with Gasteiger partial charge in [-0.1, -0.05) is 18.2 Å². The molecule has 2 aromatic rings. The molecule has 2 unspecified atom stereocenters. The normalized spacial score (nSPS) is 19.6. The van der Waals surface area contributed by atoms with Crippen LogP contribution in [0.1, 0.15) is 52.0 Å². The van der Waals surface area contributed by atoms with Crippen molar-refractivity contribution in [1.29, 1.82) is 0 Å². The molecule has 37 heavy (non-hydrogen) atoms. The third-order valence-corrected chi connectivity index (χ3v) is 7.06. The number of fused-ring (bicyclic) bond motifs is 1. The average molecular weight is 513 g/mol. The maximum Gasteiger partial charge on any atom is 0.408 e. The number of carbonyl (C=O) groups is 4. The van der Waals surface area contributed by atoms with Gasteiger partial charge in [-0.2, -0.15) is 0 Å². The number of hydrogen-bond acceptors (Lipinski definition) is 5. The van der Waals surface area contributed by atoms with E-state index < -0.39 is 29.7 Å². The molecule has 2 aliphatic rings. The molecule has 1 aromatic heterocycles. The highest BCUT2D eigenvalue weighted by Crippen LogP contribution is 2.26. The van der Waals surface area contributed by atoms with Gasteiger partial charge in [-0.15, -0.1) is 0 Å². The van der Waals surface area contributed by atoms with E-state index in [0.29, 0.717) is 45.3 Å². The molecule has 3 heterocycles. The summed E-state index contributed by atoms with van der Waals surface area (Å²) < 4.78 is 5.42. The number of piperidine rings is 1. The number of aliphatic carboxylic acids is 1. The number of aromatic amines is 1. The van der Waals surface area contributed by atoms with Gasteiger partial charge in [0, 0.05) is 49.1 Å². The Balaban J connectivity index is 1.44. The third-order valence-electron chi connectivity index (χ3n) is 7.06. The Labute approximate surface area is 216 Å². The maximum atomic E-state index is 13.6. The van der Waals surface area contributed by atoms with E-state index in [0.717, 1.165) is 16.5 Å². The number of nitrogens with zero attached hydrogens (tertiary/aromatic N) is 2. The van der Waals surface area contributed by atoms with Gasteiger partial charge in [-0.25, -0.2) is 9.59 Å². The highest BCUT2D eigenvalue weighted by molar-refractivity contribution is 5.89. The molecule has 0 bridgehead atoms. The minimum atomic E-state index is -0.966. The zero-order valence-electron chi connectivity index (χ0n) is 21.7. The van der Waals surface area contributed by atoms with Crippen LogP contribution in [0.5, 0.6) is 0 Å². The molecule has 2 atom stereocenters. The lowest BCUT2D eigenvalue weighted by atomic mass is 9.94. The molecule has 0 radical (unpaired) electrons. The summed E-state index contributed by atoms with van der Waals surface area (Å²) >= 11 is 0. The van der Waals surface area contributed by atoms with Gasteiger partial charge in [0.1, 0.15) is 17.7 Å². The maximum absolute atomic E-state index is 13.6. The number of rotatable bonds is 6. The lowest BCUT2D eigenvalue weighted by Crippen LogP contribution is -2.53. The monoisotopic (exact) mass is 512 g/mol. The van der Waals surface area contributed by atoms with Crippen LogP contribution in [0, 0.1) is 5.92 Å². The molecule has 0 aliphatic carbocycles. The number of para-hydroxylation sites is 1. The zero-order valence-corrected chi connectivity index (χ0v) is 21.7. The van der Waals surface area contributed by atoms with E-state index >= 15 is 0 Å². The first-order valence-corrected chi connectivity index (χ1v) is 12.9. The molecule has 1 aromatic carbocycles. The molecule has 10 heteroatoms. The molecule has 3 amide bonds. The molecule has 2 aliphatic heterocycles. The van der Waals surface area contributed by atoms with Crippen LogP contribution in [0.2, 0.25) is 0 Å². The van der Waals surface area contributed by atoms with Gasteiger partial charge in [0.25, 0.3) is 0 Å². The van der Waals surface area contributed by atoms with Crippen LogP contribution in [-0.4, -0.2) is 81.1 Å². The molecule has 0 saturated carbocycles. The van der Waals surface area contributed by atoms with Crippen LogP contribution in [0.3, 0.4) is 0 Å². The van der Waals surface area contributed by atoms with Crippen molar-refractivity contribution in [2.75, 3.05) is 19.6 Å². The smallest absolute Gasteiger partial charge is 0.408 e. The van der Waals surface area contributed by atoms with Crippen molar-refractivity contribution in [3.05, 3.63) is 36.0 Å². The fourth-order valence-corrected chi connectivity index (χ4v) is 5.26. The van der Waals surface area contributed by atoms with E-state index in [4.69, 9.17) is 4.74 Å². The predicted molar refractivity (Wildman–Crippen MR) is 137 cm³/mol. The number of likely N-dealkylation sites (tertiary alicyclic amines) is 2. The second-order valence-electron chi connectivity index (χ2n) is 10.9. The van der Waals surface area contributed by atoms with Crippen molar-refractivity contribution in [1.82, 2.24) is 20.1 Å². The lowest BCUT2D eigenvalue weighted by molar-refractivity contribution is -0.151. The summed E-state index contributed by atoms with van der Waals surface area (Å²) in [6.07, 6.45) is 3.55. The number of carboxylic acids is 1. The summed E-state index contributed by atoms with van der Waals surface area (Å²) in [6.45, 7) is 6.48. The van der Waals surface area contributed by atoms with Gasteiger partial charge in [0.15, 0.2) is 0 Å². The molecular weight excluding hydrogens is 476 g/mol. The number of carbonyl (C=O) groups excluding carboxylic acids is 3.